The molecule has 0 aliphatic rings. The molecule has 6 nitrogen and oxygen atoms in total. The van der Waals surface area contributed by atoms with Crippen LogP contribution in [0.15, 0.2) is 91.1 Å². The lowest BCUT2D eigenvalue weighted by Gasteiger charge is -2.08. The summed E-state index contributed by atoms with van der Waals surface area (Å²) in [6.07, 6.45) is 1.70. The molecule has 6 heteroatoms. The summed E-state index contributed by atoms with van der Waals surface area (Å²) in [6.45, 7) is 0.374. The lowest BCUT2D eigenvalue weighted by molar-refractivity contribution is 0.0946. The third-order valence-electron chi connectivity index (χ3n) is 6.07. The average molecular weight is 444 g/mol. The second-order valence-electron chi connectivity index (χ2n) is 8.19. The fraction of sp³-hybridized carbons (Fsp3) is 0.0357. The molecule has 0 saturated carbocycles. The van der Waals surface area contributed by atoms with Crippen LogP contribution in [0.5, 0.6) is 0 Å². The Morgan fingerprint density at radius 2 is 1.50 bits per heavy atom. The van der Waals surface area contributed by atoms with Gasteiger partial charge in [-0.2, -0.15) is 0 Å². The molecule has 3 N–H and O–H groups in total. The van der Waals surface area contributed by atoms with Gasteiger partial charge in [0.05, 0.1) is 5.52 Å². The highest BCUT2D eigenvalue weighted by atomic mass is 16.2. The molecular formula is C28H20N4O2. The van der Waals surface area contributed by atoms with Crippen LogP contribution in [0.1, 0.15) is 32.1 Å². The van der Waals surface area contributed by atoms with Crippen LogP contribution in [0.2, 0.25) is 0 Å². The molecule has 3 aromatic carbocycles. The Hall–Kier alpha value is -4.71. The van der Waals surface area contributed by atoms with Crippen LogP contribution >= 0.6 is 0 Å². The number of nitrogens with one attached hydrogen (secondary N) is 3. The maximum absolute atomic E-state index is 13.7. The Bertz CT molecular complexity index is 1700. The van der Waals surface area contributed by atoms with Gasteiger partial charge in [0.25, 0.3) is 5.91 Å². The summed E-state index contributed by atoms with van der Waals surface area (Å²) in [7, 11) is 0. The summed E-state index contributed by atoms with van der Waals surface area (Å²) in [5, 5.41) is 5.46. The first kappa shape index (κ1) is 19.9. The van der Waals surface area contributed by atoms with Gasteiger partial charge in [-0.15, -0.1) is 0 Å². The van der Waals surface area contributed by atoms with Crippen molar-refractivity contribution in [2.75, 3.05) is 0 Å². The number of aromatic nitrogens is 3. The van der Waals surface area contributed by atoms with Crippen molar-refractivity contribution in [3.05, 3.63) is 114 Å². The minimum absolute atomic E-state index is 0.205. The zero-order chi connectivity index (χ0) is 23.1. The standard InChI is InChI=1S/C28H20N4O2/c33-27(21-16-29-22-12-6-4-11-19(21)22)26-25-20(18-10-5-7-13-23(18)31-25)14-24(32-26)28(34)30-15-17-8-2-1-3-9-17/h1-14,16,29,31H,15H2,(H,30,34). The predicted molar refractivity (Wildman–Crippen MR) is 133 cm³/mol. The number of hydrogen-bond donors (Lipinski definition) is 3. The predicted octanol–water partition coefficient (Wildman–Crippen LogP) is 5.36. The summed E-state index contributed by atoms with van der Waals surface area (Å²) in [4.78, 5) is 37.9. The molecule has 0 fully saturated rings. The lowest BCUT2D eigenvalue weighted by Crippen LogP contribution is -2.24. The van der Waals surface area contributed by atoms with Gasteiger partial charge in [-0.25, -0.2) is 4.98 Å². The molecule has 0 aliphatic carbocycles. The number of aromatic amines is 2. The summed E-state index contributed by atoms with van der Waals surface area (Å²) in [6, 6.07) is 26.8. The number of H-pyrrole nitrogens is 2. The highest BCUT2D eigenvalue weighted by Crippen LogP contribution is 2.30. The minimum atomic E-state index is -0.330. The van der Waals surface area contributed by atoms with E-state index in [2.05, 4.69) is 20.3 Å². The van der Waals surface area contributed by atoms with E-state index in [0.717, 1.165) is 32.8 Å². The number of fused-ring (bicyclic) bond motifs is 4. The molecule has 164 valence electrons. The molecule has 3 heterocycles. The van der Waals surface area contributed by atoms with E-state index in [-0.39, 0.29) is 23.1 Å². The van der Waals surface area contributed by atoms with E-state index in [4.69, 9.17) is 0 Å². The van der Waals surface area contributed by atoms with E-state index in [1.165, 1.54) is 0 Å². The van der Waals surface area contributed by atoms with Crippen molar-refractivity contribution < 1.29 is 9.59 Å². The summed E-state index contributed by atoms with van der Waals surface area (Å²) < 4.78 is 0. The largest absolute Gasteiger partial charge is 0.360 e. The Morgan fingerprint density at radius 3 is 2.32 bits per heavy atom. The number of benzene rings is 3. The van der Waals surface area contributed by atoms with Crippen LogP contribution in [-0.2, 0) is 6.54 Å². The third-order valence-corrected chi connectivity index (χ3v) is 6.07. The number of pyridine rings is 1. The highest BCUT2D eigenvalue weighted by molar-refractivity contribution is 6.23. The van der Waals surface area contributed by atoms with Gasteiger partial charge in [0.15, 0.2) is 0 Å². The number of para-hydroxylation sites is 2. The molecule has 0 atom stereocenters. The zero-order valence-corrected chi connectivity index (χ0v) is 18.1. The zero-order valence-electron chi connectivity index (χ0n) is 18.1. The fourth-order valence-electron chi connectivity index (χ4n) is 4.38. The van der Waals surface area contributed by atoms with Crippen LogP contribution in [0.25, 0.3) is 32.7 Å². The van der Waals surface area contributed by atoms with Gasteiger partial charge < -0.3 is 15.3 Å². The van der Waals surface area contributed by atoms with Crippen LogP contribution in [0.3, 0.4) is 0 Å². The summed E-state index contributed by atoms with van der Waals surface area (Å²) >= 11 is 0. The van der Waals surface area contributed by atoms with Crippen molar-refractivity contribution in [1.82, 2.24) is 20.3 Å². The molecule has 6 aromatic rings. The molecule has 0 aliphatic heterocycles. The first-order valence-corrected chi connectivity index (χ1v) is 11.0. The molecule has 34 heavy (non-hydrogen) atoms. The number of nitrogens with zero attached hydrogens (tertiary/aromatic N) is 1. The first-order valence-electron chi connectivity index (χ1n) is 11.0. The molecule has 1 amide bonds. The average Bonchev–Trinajstić information content (AvgIpc) is 3.48. The normalized spacial score (nSPS) is 11.3. The van der Waals surface area contributed by atoms with Crippen molar-refractivity contribution in [2.24, 2.45) is 0 Å². The second-order valence-corrected chi connectivity index (χ2v) is 8.19. The van der Waals surface area contributed by atoms with Crippen molar-refractivity contribution in [3.8, 4) is 0 Å². The number of carbonyl (C=O) groups excluding carboxylic acids is 2. The van der Waals surface area contributed by atoms with Crippen molar-refractivity contribution in [1.29, 1.82) is 0 Å². The fourth-order valence-corrected chi connectivity index (χ4v) is 4.38. The minimum Gasteiger partial charge on any atom is -0.360 e. The molecular weight excluding hydrogens is 424 g/mol. The van der Waals surface area contributed by atoms with Crippen molar-refractivity contribution >= 4 is 44.4 Å². The Kier molecular flexibility index (Phi) is 4.70. The van der Waals surface area contributed by atoms with E-state index in [1.807, 2.05) is 78.9 Å². The molecule has 0 unspecified atom stereocenters. The van der Waals surface area contributed by atoms with Gasteiger partial charge in [-0.1, -0.05) is 66.7 Å². The van der Waals surface area contributed by atoms with Gasteiger partial charge in [0.2, 0.25) is 5.78 Å². The van der Waals surface area contributed by atoms with Crippen molar-refractivity contribution in [3.63, 3.8) is 0 Å². The van der Waals surface area contributed by atoms with E-state index in [0.29, 0.717) is 17.6 Å². The van der Waals surface area contributed by atoms with E-state index >= 15 is 0 Å². The maximum atomic E-state index is 13.7. The maximum Gasteiger partial charge on any atom is 0.270 e. The van der Waals surface area contributed by atoms with Crippen LogP contribution in [-0.4, -0.2) is 26.6 Å². The van der Waals surface area contributed by atoms with Gasteiger partial charge in [-0.3, -0.25) is 9.59 Å². The number of ketones is 1. The quantitative estimate of drug-likeness (QED) is 0.313. The molecule has 0 spiro atoms. The van der Waals surface area contributed by atoms with E-state index in [1.54, 1.807) is 12.3 Å². The van der Waals surface area contributed by atoms with Gasteiger partial charge in [0, 0.05) is 45.5 Å². The molecule has 0 radical (unpaired) electrons. The molecule has 3 aromatic heterocycles. The highest BCUT2D eigenvalue weighted by Gasteiger charge is 2.23. The van der Waals surface area contributed by atoms with Crippen LogP contribution < -0.4 is 5.32 Å². The van der Waals surface area contributed by atoms with Crippen molar-refractivity contribution in [2.45, 2.75) is 6.54 Å². The first-order chi connectivity index (χ1) is 16.7. The smallest absolute Gasteiger partial charge is 0.270 e. The van der Waals surface area contributed by atoms with E-state index in [9.17, 15) is 9.59 Å². The number of hydrogen-bond acceptors (Lipinski definition) is 3. The van der Waals surface area contributed by atoms with Gasteiger partial charge in [0.1, 0.15) is 11.4 Å². The Labute approximate surface area is 194 Å². The molecule has 6 rings (SSSR count). The Morgan fingerprint density at radius 1 is 0.794 bits per heavy atom. The monoisotopic (exact) mass is 444 g/mol. The number of rotatable bonds is 5. The number of amides is 1. The van der Waals surface area contributed by atoms with Gasteiger partial charge in [-0.05, 0) is 23.8 Å². The molecule has 0 saturated heterocycles. The lowest BCUT2D eigenvalue weighted by atomic mass is 10.0. The number of carbonyl (C=O) groups is 2. The summed E-state index contributed by atoms with van der Waals surface area (Å²) in [5.74, 6) is -0.573. The SMILES string of the molecule is O=C(NCc1ccccc1)c1cc2c([nH]c3ccccc32)c(C(=O)c2c[nH]c3ccccc23)n1. The van der Waals surface area contributed by atoms with Crippen LogP contribution in [0.4, 0.5) is 0 Å². The summed E-state index contributed by atoms with van der Waals surface area (Å²) in [5.41, 5.74) is 4.31. The third kappa shape index (κ3) is 3.33. The second kappa shape index (κ2) is 8.01. The Balaban J connectivity index is 1.48. The van der Waals surface area contributed by atoms with Gasteiger partial charge >= 0.3 is 0 Å². The van der Waals surface area contributed by atoms with Crippen LogP contribution in [0, 0.1) is 0 Å². The molecule has 0 bridgehead atoms. The van der Waals surface area contributed by atoms with E-state index < -0.39 is 0 Å². The topological polar surface area (TPSA) is 90.6 Å².